The van der Waals surface area contributed by atoms with Gasteiger partial charge in [-0.05, 0) is 29.8 Å². The van der Waals surface area contributed by atoms with Crippen LogP contribution in [0.5, 0.6) is 0 Å². The van der Waals surface area contributed by atoms with Crippen molar-refractivity contribution in [3.63, 3.8) is 0 Å². The molecule has 0 fully saturated rings. The third-order valence-electron chi connectivity index (χ3n) is 2.77. The van der Waals surface area contributed by atoms with Crippen molar-refractivity contribution >= 4 is 17.4 Å². The smallest absolute Gasteiger partial charge is 0.242 e. The molecule has 0 aliphatic heterocycles. The number of hydrogen-bond acceptors (Lipinski definition) is 5. The maximum atomic E-state index is 12.8. The van der Waals surface area contributed by atoms with Crippen molar-refractivity contribution in [1.82, 2.24) is 25.2 Å². The summed E-state index contributed by atoms with van der Waals surface area (Å²) in [6.45, 7) is 0. The van der Waals surface area contributed by atoms with Crippen LogP contribution in [0.3, 0.4) is 0 Å². The SMILES string of the molecule is O=C(Cc1ccc(F)cc1)NNc1ccc2nncn2n1. The number of carbonyl (C=O) groups excluding carboxylic acids is 1. The van der Waals surface area contributed by atoms with Crippen LogP contribution >= 0.6 is 0 Å². The average molecular weight is 286 g/mol. The molecule has 8 heteroatoms. The first-order valence-corrected chi connectivity index (χ1v) is 6.17. The minimum Gasteiger partial charge on any atom is -0.280 e. The van der Waals surface area contributed by atoms with Gasteiger partial charge in [0.15, 0.2) is 11.5 Å². The second-order valence-electron chi connectivity index (χ2n) is 4.33. The fraction of sp³-hybridized carbons (Fsp3) is 0.0769. The van der Waals surface area contributed by atoms with E-state index in [9.17, 15) is 9.18 Å². The Kier molecular flexibility index (Phi) is 3.42. The zero-order chi connectivity index (χ0) is 14.7. The van der Waals surface area contributed by atoms with E-state index in [0.29, 0.717) is 11.5 Å². The standard InChI is InChI=1S/C13H11FN6O/c14-10-3-1-9(2-4-10)7-13(21)18-16-11-5-6-12-17-15-8-20(12)19-11/h1-6,8H,7H2,(H,16,19)(H,18,21). The van der Waals surface area contributed by atoms with Gasteiger partial charge in [-0.1, -0.05) is 12.1 Å². The van der Waals surface area contributed by atoms with Crippen molar-refractivity contribution in [1.29, 1.82) is 0 Å². The molecule has 3 aromatic rings. The van der Waals surface area contributed by atoms with Crippen molar-refractivity contribution in [3.8, 4) is 0 Å². The number of rotatable bonds is 4. The monoisotopic (exact) mass is 286 g/mol. The van der Waals surface area contributed by atoms with Gasteiger partial charge >= 0.3 is 0 Å². The fourth-order valence-corrected chi connectivity index (χ4v) is 1.76. The summed E-state index contributed by atoms with van der Waals surface area (Å²) >= 11 is 0. The maximum absolute atomic E-state index is 12.8. The Balaban J connectivity index is 1.58. The Hall–Kier alpha value is -3.03. The number of carbonyl (C=O) groups is 1. The molecule has 0 saturated carbocycles. The Morgan fingerprint density at radius 2 is 2.00 bits per heavy atom. The molecule has 0 atom stereocenters. The molecule has 0 aliphatic carbocycles. The van der Waals surface area contributed by atoms with Crippen LogP contribution in [0.4, 0.5) is 10.2 Å². The van der Waals surface area contributed by atoms with E-state index in [4.69, 9.17) is 0 Å². The molecule has 0 radical (unpaired) electrons. The first kappa shape index (κ1) is 13.0. The average Bonchev–Trinajstić information content (AvgIpc) is 2.95. The van der Waals surface area contributed by atoms with Crippen LogP contribution in [-0.2, 0) is 11.2 Å². The zero-order valence-corrected chi connectivity index (χ0v) is 10.8. The molecule has 2 N–H and O–H groups in total. The molecule has 0 bridgehead atoms. The number of nitrogens with zero attached hydrogens (tertiary/aromatic N) is 4. The summed E-state index contributed by atoms with van der Waals surface area (Å²) in [5.41, 5.74) is 6.55. The number of hydrogen-bond donors (Lipinski definition) is 2. The fourth-order valence-electron chi connectivity index (χ4n) is 1.76. The third kappa shape index (κ3) is 3.11. The number of aromatic nitrogens is 4. The second kappa shape index (κ2) is 5.53. The summed E-state index contributed by atoms with van der Waals surface area (Å²) in [6, 6.07) is 9.15. The number of fused-ring (bicyclic) bond motifs is 1. The maximum Gasteiger partial charge on any atom is 0.242 e. The van der Waals surface area contributed by atoms with E-state index in [1.165, 1.54) is 23.0 Å². The third-order valence-corrected chi connectivity index (χ3v) is 2.77. The lowest BCUT2D eigenvalue weighted by atomic mass is 10.1. The quantitative estimate of drug-likeness (QED) is 0.698. The molecule has 2 heterocycles. The predicted molar refractivity (Wildman–Crippen MR) is 72.7 cm³/mol. The highest BCUT2D eigenvalue weighted by molar-refractivity contribution is 5.79. The molecule has 0 spiro atoms. The lowest BCUT2D eigenvalue weighted by Gasteiger charge is -2.07. The van der Waals surface area contributed by atoms with Gasteiger partial charge in [0.25, 0.3) is 0 Å². The molecule has 0 saturated heterocycles. The topological polar surface area (TPSA) is 84.2 Å². The van der Waals surface area contributed by atoms with E-state index in [2.05, 4.69) is 26.1 Å². The van der Waals surface area contributed by atoms with Gasteiger partial charge in [0.1, 0.15) is 12.1 Å². The highest BCUT2D eigenvalue weighted by Gasteiger charge is 2.04. The predicted octanol–water partition coefficient (Wildman–Crippen LogP) is 0.949. The number of benzene rings is 1. The lowest BCUT2D eigenvalue weighted by molar-refractivity contribution is -0.119. The minimum absolute atomic E-state index is 0.141. The van der Waals surface area contributed by atoms with Crippen LogP contribution in [-0.4, -0.2) is 25.7 Å². The van der Waals surface area contributed by atoms with Crippen molar-refractivity contribution in [2.45, 2.75) is 6.42 Å². The second-order valence-corrected chi connectivity index (χ2v) is 4.33. The van der Waals surface area contributed by atoms with Gasteiger partial charge in [-0.3, -0.25) is 15.6 Å². The summed E-state index contributed by atoms with van der Waals surface area (Å²) in [5.74, 6) is -0.134. The van der Waals surface area contributed by atoms with Crippen LogP contribution in [0.1, 0.15) is 5.56 Å². The van der Waals surface area contributed by atoms with Crippen molar-refractivity contribution in [2.75, 3.05) is 5.43 Å². The van der Waals surface area contributed by atoms with E-state index in [1.807, 2.05) is 0 Å². The van der Waals surface area contributed by atoms with Crippen molar-refractivity contribution in [3.05, 3.63) is 54.1 Å². The van der Waals surface area contributed by atoms with Gasteiger partial charge in [-0.25, -0.2) is 4.39 Å². The first-order valence-electron chi connectivity index (χ1n) is 6.17. The molecule has 3 rings (SSSR count). The molecule has 1 amide bonds. The summed E-state index contributed by atoms with van der Waals surface area (Å²) in [4.78, 5) is 11.8. The van der Waals surface area contributed by atoms with Crippen LogP contribution < -0.4 is 10.9 Å². The van der Waals surface area contributed by atoms with Crippen LogP contribution in [0, 0.1) is 5.82 Å². The van der Waals surface area contributed by atoms with Gasteiger partial charge in [0.2, 0.25) is 5.91 Å². The van der Waals surface area contributed by atoms with Crippen LogP contribution in [0.25, 0.3) is 5.65 Å². The van der Waals surface area contributed by atoms with Gasteiger partial charge in [0.05, 0.1) is 6.42 Å². The molecule has 7 nitrogen and oxygen atoms in total. The molecular formula is C13H11FN6O. The van der Waals surface area contributed by atoms with Gasteiger partial charge in [0, 0.05) is 0 Å². The molecule has 0 aliphatic rings. The molecule has 0 unspecified atom stereocenters. The van der Waals surface area contributed by atoms with Crippen molar-refractivity contribution < 1.29 is 9.18 Å². The number of amides is 1. The molecule has 21 heavy (non-hydrogen) atoms. The Labute approximate surface area is 118 Å². The Morgan fingerprint density at radius 1 is 1.19 bits per heavy atom. The zero-order valence-electron chi connectivity index (χ0n) is 10.8. The van der Waals surface area contributed by atoms with Gasteiger partial charge < -0.3 is 0 Å². The summed E-state index contributed by atoms with van der Waals surface area (Å²) < 4.78 is 14.2. The van der Waals surface area contributed by atoms with E-state index >= 15 is 0 Å². The van der Waals surface area contributed by atoms with Crippen molar-refractivity contribution in [2.24, 2.45) is 0 Å². The highest BCUT2D eigenvalue weighted by atomic mass is 19.1. The summed E-state index contributed by atoms with van der Waals surface area (Å²) in [6.07, 6.45) is 1.60. The van der Waals surface area contributed by atoms with E-state index in [1.54, 1.807) is 24.3 Å². The van der Waals surface area contributed by atoms with E-state index in [0.717, 1.165) is 5.56 Å². The highest BCUT2D eigenvalue weighted by Crippen LogP contribution is 2.05. The number of halogens is 1. The lowest BCUT2D eigenvalue weighted by Crippen LogP contribution is -2.31. The first-order chi connectivity index (χ1) is 10.2. The van der Waals surface area contributed by atoms with E-state index in [-0.39, 0.29) is 18.1 Å². The van der Waals surface area contributed by atoms with Gasteiger partial charge in [-0.2, -0.15) is 4.52 Å². The number of anilines is 1. The van der Waals surface area contributed by atoms with Gasteiger partial charge in [-0.15, -0.1) is 15.3 Å². The Morgan fingerprint density at radius 3 is 2.81 bits per heavy atom. The summed E-state index contributed by atoms with van der Waals surface area (Å²) in [5, 5.41) is 11.7. The molecule has 1 aromatic carbocycles. The van der Waals surface area contributed by atoms with E-state index < -0.39 is 0 Å². The largest absolute Gasteiger partial charge is 0.280 e. The molecule has 2 aromatic heterocycles. The normalized spacial score (nSPS) is 10.5. The Bertz CT molecular complexity index is 770. The number of hydrazine groups is 1. The minimum atomic E-state index is -0.330. The summed E-state index contributed by atoms with van der Waals surface area (Å²) in [7, 11) is 0. The number of nitrogens with one attached hydrogen (secondary N) is 2. The molecule has 106 valence electrons. The van der Waals surface area contributed by atoms with Crippen LogP contribution in [0.2, 0.25) is 0 Å². The van der Waals surface area contributed by atoms with Crippen LogP contribution in [0.15, 0.2) is 42.7 Å². The molecular weight excluding hydrogens is 275 g/mol.